The van der Waals surface area contributed by atoms with E-state index in [1.165, 1.54) is 6.07 Å². The van der Waals surface area contributed by atoms with E-state index in [9.17, 15) is 17.6 Å². The summed E-state index contributed by atoms with van der Waals surface area (Å²) < 4.78 is 55.6. The molecular weight excluding hydrogens is 510 g/mol. The SMILES string of the molecule is Fc1ccccc1-c1cc2c(C3=NC(N4CCNC(C(F)(F)F)C4)c4c(cncc4C4CC4)N3)ccnc2[nH]1. The number of alkyl halides is 3. The van der Waals surface area contributed by atoms with Crippen molar-refractivity contribution < 1.29 is 17.6 Å². The smallest absolute Gasteiger partial charge is 0.339 e. The van der Waals surface area contributed by atoms with Crippen LogP contribution < -0.4 is 10.6 Å². The number of amidine groups is 1. The average Bonchev–Trinajstić information content (AvgIpc) is 3.69. The minimum Gasteiger partial charge on any atom is -0.339 e. The molecule has 7 rings (SSSR count). The zero-order chi connectivity index (χ0) is 26.7. The molecule has 200 valence electrons. The number of benzene rings is 1. The van der Waals surface area contributed by atoms with Gasteiger partial charge in [-0.3, -0.25) is 9.88 Å². The van der Waals surface area contributed by atoms with Crippen molar-refractivity contribution in [1.82, 2.24) is 25.2 Å². The Hall–Kier alpha value is -3.83. The molecule has 2 unspecified atom stereocenters. The number of pyridine rings is 2. The Morgan fingerprint density at radius 3 is 2.67 bits per heavy atom. The van der Waals surface area contributed by atoms with Gasteiger partial charge in [0.25, 0.3) is 0 Å². The third-order valence-corrected chi connectivity index (χ3v) is 7.70. The summed E-state index contributed by atoms with van der Waals surface area (Å²) in [6.07, 6.45) is 2.28. The molecule has 5 heterocycles. The monoisotopic (exact) mass is 535 g/mol. The van der Waals surface area contributed by atoms with Gasteiger partial charge in [0, 0.05) is 54.1 Å². The van der Waals surface area contributed by atoms with Crippen LogP contribution in [0.4, 0.5) is 23.2 Å². The standard InChI is InChI=1S/C28H25F4N7/c29-20-4-2-1-3-17(20)21-11-18-16(7-8-35-25(18)36-21)26-37-22-13-33-12-19(15-5-6-15)24(22)27(38-26)39-10-9-34-23(14-39)28(30,31)32/h1-4,7-8,11-13,15,23,27,34H,5-6,9-10,14H2,(H,35,36)(H,37,38). The van der Waals surface area contributed by atoms with E-state index in [1.54, 1.807) is 35.5 Å². The third-order valence-electron chi connectivity index (χ3n) is 7.70. The van der Waals surface area contributed by atoms with Crippen LogP contribution in [-0.2, 0) is 0 Å². The fraction of sp³-hybridized carbons (Fsp3) is 0.321. The quantitative estimate of drug-likeness (QED) is 0.307. The van der Waals surface area contributed by atoms with Crippen LogP contribution in [0.3, 0.4) is 0 Å². The minimum atomic E-state index is -4.36. The van der Waals surface area contributed by atoms with Gasteiger partial charge in [-0.25, -0.2) is 14.4 Å². The van der Waals surface area contributed by atoms with Crippen molar-refractivity contribution in [3.05, 3.63) is 77.5 Å². The molecule has 11 heteroatoms. The molecule has 4 aromatic rings. The number of nitrogens with one attached hydrogen (secondary N) is 3. The molecule has 0 spiro atoms. The van der Waals surface area contributed by atoms with E-state index in [1.807, 2.05) is 18.3 Å². The highest BCUT2D eigenvalue weighted by Crippen LogP contribution is 2.47. The van der Waals surface area contributed by atoms with Crippen LogP contribution in [-0.4, -0.2) is 57.5 Å². The van der Waals surface area contributed by atoms with Gasteiger partial charge in [-0.1, -0.05) is 12.1 Å². The van der Waals surface area contributed by atoms with Crippen LogP contribution in [0.5, 0.6) is 0 Å². The maximum atomic E-state index is 14.5. The van der Waals surface area contributed by atoms with Crippen molar-refractivity contribution in [1.29, 1.82) is 0 Å². The van der Waals surface area contributed by atoms with Crippen LogP contribution in [0.25, 0.3) is 22.3 Å². The molecule has 3 N–H and O–H groups in total. The lowest BCUT2D eigenvalue weighted by molar-refractivity contribution is -0.166. The molecule has 2 fully saturated rings. The van der Waals surface area contributed by atoms with Gasteiger partial charge in [0.1, 0.15) is 29.5 Å². The van der Waals surface area contributed by atoms with Crippen LogP contribution in [0, 0.1) is 5.82 Å². The number of H-pyrrole nitrogens is 1. The number of fused-ring (bicyclic) bond motifs is 2. The van der Waals surface area contributed by atoms with Crippen molar-refractivity contribution in [2.45, 2.75) is 37.1 Å². The van der Waals surface area contributed by atoms with E-state index in [-0.39, 0.29) is 18.9 Å². The molecule has 1 aromatic carbocycles. The largest absolute Gasteiger partial charge is 0.405 e. The van der Waals surface area contributed by atoms with Crippen LogP contribution in [0.2, 0.25) is 0 Å². The number of piperazine rings is 1. The van der Waals surface area contributed by atoms with Crippen LogP contribution in [0.1, 0.15) is 41.6 Å². The Bertz CT molecular complexity index is 1590. The van der Waals surface area contributed by atoms with Gasteiger partial charge >= 0.3 is 6.18 Å². The predicted molar refractivity (Wildman–Crippen MR) is 140 cm³/mol. The van der Waals surface area contributed by atoms with E-state index in [0.717, 1.165) is 35.0 Å². The molecule has 3 aromatic heterocycles. The summed E-state index contributed by atoms with van der Waals surface area (Å²) in [6, 6.07) is 8.49. The molecule has 1 saturated carbocycles. The summed E-state index contributed by atoms with van der Waals surface area (Å²) >= 11 is 0. The van der Waals surface area contributed by atoms with Crippen LogP contribution >= 0.6 is 0 Å². The molecule has 2 aliphatic heterocycles. The molecular formula is C28H25F4N7. The Labute approximate surface area is 221 Å². The third kappa shape index (κ3) is 4.35. The first-order chi connectivity index (χ1) is 18.9. The maximum Gasteiger partial charge on any atom is 0.405 e. The number of nitrogens with zero attached hydrogens (tertiary/aromatic N) is 4. The van der Waals surface area contributed by atoms with Gasteiger partial charge in [0.2, 0.25) is 0 Å². The molecule has 0 bridgehead atoms. The number of rotatable bonds is 4. The van der Waals surface area contributed by atoms with Crippen molar-refractivity contribution in [2.75, 3.05) is 25.0 Å². The van der Waals surface area contributed by atoms with Crippen molar-refractivity contribution >= 4 is 22.6 Å². The molecule has 7 nitrogen and oxygen atoms in total. The highest BCUT2D eigenvalue weighted by atomic mass is 19.4. The Morgan fingerprint density at radius 1 is 1.03 bits per heavy atom. The summed E-state index contributed by atoms with van der Waals surface area (Å²) in [6.45, 7) is 0.429. The molecule has 0 amide bonds. The number of anilines is 1. The predicted octanol–water partition coefficient (Wildman–Crippen LogP) is 5.35. The number of aliphatic imine (C=N–C) groups is 1. The number of halogens is 4. The van der Waals surface area contributed by atoms with Crippen molar-refractivity contribution in [2.24, 2.45) is 4.99 Å². The van der Waals surface area contributed by atoms with Gasteiger partial charge in [0.15, 0.2) is 0 Å². The molecule has 1 aliphatic carbocycles. The van der Waals surface area contributed by atoms with Crippen LogP contribution in [0.15, 0.2) is 60.0 Å². The van der Waals surface area contributed by atoms with Crippen molar-refractivity contribution in [3.8, 4) is 11.3 Å². The first-order valence-corrected chi connectivity index (χ1v) is 13.0. The Balaban J connectivity index is 1.34. The molecule has 0 radical (unpaired) electrons. The highest BCUT2D eigenvalue weighted by Gasteiger charge is 2.45. The normalized spacial score (nSPS) is 21.9. The summed E-state index contributed by atoms with van der Waals surface area (Å²) in [5.41, 5.74) is 4.94. The number of hydrogen-bond acceptors (Lipinski definition) is 6. The first-order valence-electron chi connectivity index (χ1n) is 13.0. The second-order valence-corrected chi connectivity index (χ2v) is 10.3. The van der Waals surface area contributed by atoms with Gasteiger partial charge in [0.05, 0.1) is 17.6 Å². The lowest BCUT2D eigenvalue weighted by Gasteiger charge is -2.40. The number of aromatic nitrogens is 3. The van der Waals surface area contributed by atoms with E-state index in [0.29, 0.717) is 40.8 Å². The van der Waals surface area contributed by atoms with E-state index in [4.69, 9.17) is 4.99 Å². The van der Waals surface area contributed by atoms with Gasteiger partial charge in [-0.05, 0) is 48.6 Å². The van der Waals surface area contributed by atoms with Crippen molar-refractivity contribution in [3.63, 3.8) is 0 Å². The lowest BCUT2D eigenvalue weighted by atomic mass is 9.97. The summed E-state index contributed by atoms with van der Waals surface area (Å²) in [4.78, 5) is 18.9. The van der Waals surface area contributed by atoms with Gasteiger partial charge in [-0.15, -0.1) is 0 Å². The zero-order valence-corrected chi connectivity index (χ0v) is 20.8. The second kappa shape index (κ2) is 9.13. The van der Waals surface area contributed by atoms with E-state index < -0.39 is 18.4 Å². The fourth-order valence-electron chi connectivity index (χ4n) is 5.61. The molecule has 3 aliphatic rings. The number of aromatic amines is 1. The Kier molecular flexibility index (Phi) is 5.67. The molecule has 39 heavy (non-hydrogen) atoms. The second-order valence-electron chi connectivity index (χ2n) is 10.3. The molecule has 1 saturated heterocycles. The maximum absolute atomic E-state index is 14.5. The fourth-order valence-corrected chi connectivity index (χ4v) is 5.61. The highest BCUT2D eigenvalue weighted by molar-refractivity contribution is 6.16. The summed E-state index contributed by atoms with van der Waals surface area (Å²) in [5.74, 6) is 0.496. The zero-order valence-electron chi connectivity index (χ0n) is 20.8. The summed E-state index contributed by atoms with van der Waals surface area (Å²) in [5, 5.41) is 6.74. The van der Waals surface area contributed by atoms with Gasteiger partial charge in [-0.2, -0.15) is 13.2 Å². The Morgan fingerprint density at radius 2 is 1.87 bits per heavy atom. The summed E-state index contributed by atoms with van der Waals surface area (Å²) in [7, 11) is 0. The molecule has 2 atom stereocenters. The van der Waals surface area contributed by atoms with E-state index >= 15 is 0 Å². The van der Waals surface area contributed by atoms with Gasteiger partial charge < -0.3 is 15.6 Å². The number of hydrogen-bond donors (Lipinski definition) is 3. The average molecular weight is 536 g/mol. The lowest BCUT2D eigenvalue weighted by Crippen LogP contribution is -2.57. The first kappa shape index (κ1) is 24.2. The minimum absolute atomic E-state index is 0.204. The van der Waals surface area contributed by atoms with E-state index in [2.05, 4.69) is 25.6 Å². The topological polar surface area (TPSA) is 81.2 Å².